The average molecular weight is 357 g/mol. The lowest BCUT2D eigenvalue weighted by molar-refractivity contribution is -0.145. The summed E-state index contributed by atoms with van der Waals surface area (Å²) >= 11 is 0. The molecule has 2 aromatic rings. The third-order valence-corrected chi connectivity index (χ3v) is 4.07. The van der Waals surface area contributed by atoms with Gasteiger partial charge in [-0.15, -0.1) is 0 Å². The summed E-state index contributed by atoms with van der Waals surface area (Å²) in [5.74, 6) is -1.25. The second kappa shape index (κ2) is 6.47. The molecule has 0 bridgehead atoms. The third-order valence-electron chi connectivity index (χ3n) is 4.07. The van der Waals surface area contributed by atoms with Crippen molar-refractivity contribution in [3.63, 3.8) is 0 Å². The Morgan fingerprint density at radius 2 is 2.12 bits per heavy atom. The summed E-state index contributed by atoms with van der Waals surface area (Å²) in [5.41, 5.74) is -0.0887. The Balaban J connectivity index is 1.86. The first-order valence-electron chi connectivity index (χ1n) is 7.52. The number of halogens is 4. The molecule has 1 aliphatic heterocycles. The van der Waals surface area contributed by atoms with Crippen LogP contribution >= 0.6 is 0 Å². The molecule has 1 aromatic carbocycles. The molecule has 134 valence electrons. The van der Waals surface area contributed by atoms with Crippen LogP contribution in [0.25, 0.3) is 0 Å². The van der Waals surface area contributed by atoms with Crippen LogP contribution in [0.2, 0.25) is 0 Å². The molecule has 0 spiro atoms. The molecule has 2 heterocycles. The SMILES string of the molecule is COc1ccc(F)c(CN2CCc3c(nc(C(F)(F)F)[nH]c3=O)C2)c1. The van der Waals surface area contributed by atoms with E-state index in [1.807, 2.05) is 0 Å². The van der Waals surface area contributed by atoms with Crippen LogP contribution in [0.3, 0.4) is 0 Å². The molecule has 0 amide bonds. The van der Waals surface area contributed by atoms with E-state index < -0.39 is 23.4 Å². The topological polar surface area (TPSA) is 58.2 Å². The first-order chi connectivity index (χ1) is 11.8. The van der Waals surface area contributed by atoms with E-state index in [9.17, 15) is 22.4 Å². The predicted octanol–water partition coefficient (Wildman–Crippen LogP) is 2.49. The van der Waals surface area contributed by atoms with E-state index in [4.69, 9.17) is 4.74 Å². The van der Waals surface area contributed by atoms with E-state index in [2.05, 4.69) is 4.98 Å². The molecule has 0 saturated heterocycles. The minimum Gasteiger partial charge on any atom is -0.497 e. The molecule has 0 atom stereocenters. The molecule has 9 heteroatoms. The number of nitrogens with zero attached hydrogens (tertiary/aromatic N) is 2. The first-order valence-corrected chi connectivity index (χ1v) is 7.52. The van der Waals surface area contributed by atoms with Crippen LogP contribution in [-0.2, 0) is 25.7 Å². The van der Waals surface area contributed by atoms with Gasteiger partial charge in [0.2, 0.25) is 5.82 Å². The molecule has 1 N–H and O–H groups in total. The van der Waals surface area contributed by atoms with Gasteiger partial charge in [0.15, 0.2) is 0 Å². The molecular formula is C16H15F4N3O2. The summed E-state index contributed by atoms with van der Waals surface area (Å²) in [6.07, 6.45) is -4.48. The molecule has 0 unspecified atom stereocenters. The maximum Gasteiger partial charge on any atom is 0.449 e. The molecule has 0 saturated carbocycles. The first kappa shape index (κ1) is 17.4. The van der Waals surface area contributed by atoms with Gasteiger partial charge in [-0.25, -0.2) is 9.37 Å². The van der Waals surface area contributed by atoms with Crippen LogP contribution in [0.5, 0.6) is 5.75 Å². The number of hydrogen-bond acceptors (Lipinski definition) is 4. The van der Waals surface area contributed by atoms with Crippen molar-refractivity contribution in [2.75, 3.05) is 13.7 Å². The van der Waals surface area contributed by atoms with Gasteiger partial charge < -0.3 is 9.72 Å². The number of alkyl halides is 3. The van der Waals surface area contributed by atoms with Crippen molar-refractivity contribution >= 4 is 0 Å². The van der Waals surface area contributed by atoms with E-state index in [1.54, 1.807) is 9.88 Å². The van der Waals surface area contributed by atoms with Crippen molar-refractivity contribution in [1.29, 1.82) is 0 Å². The number of H-pyrrole nitrogens is 1. The highest BCUT2D eigenvalue weighted by Gasteiger charge is 2.36. The lowest BCUT2D eigenvalue weighted by atomic mass is 10.1. The number of benzene rings is 1. The zero-order chi connectivity index (χ0) is 18.2. The summed E-state index contributed by atoms with van der Waals surface area (Å²) in [4.78, 5) is 18.9. The molecule has 0 fully saturated rings. The van der Waals surface area contributed by atoms with Gasteiger partial charge in [-0.2, -0.15) is 13.2 Å². The lowest BCUT2D eigenvalue weighted by Gasteiger charge is -2.28. The Bertz CT molecular complexity index is 848. The Labute approximate surface area is 140 Å². The normalized spacial score (nSPS) is 15.1. The quantitative estimate of drug-likeness (QED) is 0.858. The van der Waals surface area contributed by atoms with Crippen molar-refractivity contribution < 1.29 is 22.3 Å². The molecule has 5 nitrogen and oxygen atoms in total. The van der Waals surface area contributed by atoms with E-state index >= 15 is 0 Å². The summed E-state index contributed by atoms with van der Waals surface area (Å²) in [5, 5.41) is 0. The summed E-state index contributed by atoms with van der Waals surface area (Å²) in [7, 11) is 1.46. The van der Waals surface area contributed by atoms with Gasteiger partial charge in [0, 0.05) is 30.8 Å². The molecule has 0 radical (unpaired) electrons. The maximum absolute atomic E-state index is 13.9. The summed E-state index contributed by atoms with van der Waals surface area (Å²) in [6.45, 7) is 0.636. The van der Waals surface area contributed by atoms with Gasteiger partial charge in [-0.05, 0) is 24.6 Å². The highest BCUT2D eigenvalue weighted by atomic mass is 19.4. The van der Waals surface area contributed by atoms with Crippen molar-refractivity contribution in [3.05, 3.63) is 57.0 Å². The zero-order valence-corrected chi connectivity index (χ0v) is 13.3. The van der Waals surface area contributed by atoms with E-state index in [1.165, 1.54) is 25.3 Å². The monoisotopic (exact) mass is 357 g/mol. The minimum absolute atomic E-state index is 0.0407. The van der Waals surface area contributed by atoms with Crippen LogP contribution in [0, 0.1) is 5.82 Å². The lowest BCUT2D eigenvalue weighted by Crippen LogP contribution is -2.36. The van der Waals surface area contributed by atoms with Crippen molar-refractivity contribution in [1.82, 2.24) is 14.9 Å². The Morgan fingerprint density at radius 1 is 1.36 bits per heavy atom. The van der Waals surface area contributed by atoms with Crippen LogP contribution in [0.4, 0.5) is 17.6 Å². The Hall–Kier alpha value is -2.42. The largest absolute Gasteiger partial charge is 0.497 e. The Kier molecular flexibility index (Phi) is 4.51. The van der Waals surface area contributed by atoms with E-state index in [-0.39, 0.29) is 30.8 Å². The van der Waals surface area contributed by atoms with Crippen molar-refractivity contribution in [3.8, 4) is 5.75 Å². The summed E-state index contributed by atoms with van der Waals surface area (Å²) < 4.78 is 57.4. The maximum atomic E-state index is 13.9. The molecule has 3 rings (SSSR count). The van der Waals surface area contributed by atoms with Crippen molar-refractivity contribution in [2.24, 2.45) is 0 Å². The fourth-order valence-electron chi connectivity index (χ4n) is 2.80. The van der Waals surface area contributed by atoms with Gasteiger partial charge in [-0.1, -0.05) is 0 Å². The second-order valence-electron chi connectivity index (χ2n) is 5.76. The number of hydrogen-bond donors (Lipinski definition) is 1. The van der Waals surface area contributed by atoms with Gasteiger partial charge >= 0.3 is 6.18 Å². The predicted molar refractivity (Wildman–Crippen MR) is 80.6 cm³/mol. The molecular weight excluding hydrogens is 342 g/mol. The van der Waals surface area contributed by atoms with Crippen LogP contribution in [0.1, 0.15) is 22.6 Å². The fourth-order valence-corrected chi connectivity index (χ4v) is 2.80. The zero-order valence-electron chi connectivity index (χ0n) is 13.3. The minimum atomic E-state index is -4.73. The number of fused-ring (bicyclic) bond motifs is 1. The smallest absolute Gasteiger partial charge is 0.449 e. The number of ether oxygens (including phenoxy) is 1. The van der Waals surface area contributed by atoms with Gasteiger partial charge in [0.05, 0.1) is 12.8 Å². The molecule has 0 aliphatic carbocycles. The number of nitrogens with one attached hydrogen (secondary N) is 1. The molecule has 25 heavy (non-hydrogen) atoms. The number of rotatable bonds is 3. The van der Waals surface area contributed by atoms with Gasteiger partial charge in [-0.3, -0.25) is 9.69 Å². The molecule has 1 aromatic heterocycles. The highest BCUT2D eigenvalue weighted by molar-refractivity contribution is 5.30. The van der Waals surface area contributed by atoms with Gasteiger partial charge in [0.1, 0.15) is 11.6 Å². The second-order valence-corrected chi connectivity index (χ2v) is 5.76. The van der Waals surface area contributed by atoms with Crippen molar-refractivity contribution in [2.45, 2.75) is 25.7 Å². The number of aromatic amines is 1. The molecule has 1 aliphatic rings. The van der Waals surface area contributed by atoms with E-state index in [0.29, 0.717) is 17.9 Å². The summed E-state index contributed by atoms with van der Waals surface area (Å²) in [6, 6.07) is 4.30. The third kappa shape index (κ3) is 3.65. The number of aromatic nitrogens is 2. The van der Waals surface area contributed by atoms with Crippen LogP contribution < -0.4 is 10.3 Å². The Morgan fingerprint density at radius 3 is 2.80 bits per heavy atom. The van der Waals surface area contributed by atoms with Crippen LogP contribution in [-0.4, -0.2) is 28.5 Å². The fraction of sp³-hybridized carbons (Fsp3) is 0.375. The standard InChI is InChI=1S/C16H15F4N3O2/c1-25-10-2-3-12(17)9(6-10)7-23-5-4-11-13(8-23)21-15(16(18,19)20)22-14(11)24/h2-3,6H,4-5,7-8H2,1H3,(H,21,22,24). The highest BCUT2D eigenvalue weighted by Crippen LogP contribution is 2.27. The van der Waals surface area contributed by atoms with Gasteiger partial charge in [0.25, 0.3) is 5.56 Å². The van der Waals surface area contributed by atoms with Crippen LogP contribution in [0.15, 0.2) is 23.0 Å². The van der Waals surface area contributed by atoms with E-state index in [0.717, 1.165) is 0 Å². The average Bonchev–Trinajstić information content (AvgIpc) is 2.55. The number of methoxy groups -OCH3 is 1.